The first-order chi connectivity index (χ1) is 3.71. The zero-order chi connectivity index (χ0) is 7.71. The van der Waals surface area contributed by atoms with E-state index in [4.69, 9.17) is 8.32 Å². The Bertz CT molecular complexity index is 245. The monoisotopic (exact) mass is 334 g/mol. The third-order valence-electron chi connectivity index (χ3n) is 0.172. The van der Waals surface area contributed by atoms with Crippen molar-refractivity contribution in [2.45, 2.75) is 0 Å². The molecule has 0 spiro atoms. The van der Waals surface area contributed by atoms with Crippen LogP contribution >= 0.6 is 12.4 Å². The predicted molar refractivity (Wildman–Crippen MR) is 29.8 cm³/mol. The molecule has 12 heavy (non-hydrogen) atoms. The molecule has 0 aliphatic rings. The van der Waals surface area contributed by atoms with Gasteiger partial charge in [-0.25, -0.2) is 0 Å². The van der Waals surface area contributed by atoms with Gasteiger partial charge in [0, 0.05) is 0 Å². The molecule has 0 atom stereocenters. The summed E-state index contributed by atoms with van der Waals surface area (Å²) >= 11 is -11.5. The molecule has 0 rings (SSSR count). The Morgan fingerprint density at radius 1 is 0.833 bits per heavy atom. The van der Waals surface area contributed by atoms with Gasteiger partial charge in [0.15, 0.2) is 0 Å². The van der Waals surface area contributed by atoms with Crippen LogP contribution in [0.4, 0.5) is 0 Å². The van der Waals surface area contributed by atoms with Gasteiger partial charge in [-0.05, 0) is 0 Å². The predicted octanol–water partition coefficient (Wildman–Crippen LogP) is -2.54. The number of hydrogen-bond acceptors (Lipinski definition) is 5. The van der Waals surface area contributed by atoms with Crippen molar-refractivity contribution in [3.8, 4) is 0 Å². The van der Waals surface area contributed by atoms with Crippen LogP contribution in [0.15, 0.2) is 0 Å². The zero-order valence-electron chi connectivity index (χ0n) is 4.16. The van der Waals surface area contributed by atoms with Crippen molar-refractivity contribution in [3.05, 3.63) is 0 Å². The summed E-state index contributed by atoms with van der Waals surface area (Å²) in [6.07, 6.45) is 0. The van der Waals surface area contributed by atoms with Crippen LogP contribution in [-0.4, -0.2) is 111 Å². The Morgan fingerprint density at radius 3 is 1.00 bits per heavy atom. The number of rotatable bonds is 2. The van der Waals surface area contributed by atoms with Crippen LogP contribution in [-0.2, 0) is 45.3 Å². The van der Waals surface area contributed by atoms with Gasteiger partial charge in [-0.2, -0.15) is 0 Å². The fourth-order valence-electron chi connectivity index (χ4n) is 0.109. The average molecular weight is 335 g/mol. The van der Waals surface area contributed by atoms with Crippen LogP contribution in [0, 0.1) is 0 Å². The molecule has 2 N–H and O–H groups in total. The first kappa shape index (κ1) is 24.8. The normalized spacial score (nSPS) is 10.2. The third-order valence-corrected chi connectivity index (χ3v) is 2.92. The van der Waals surface area contributed by atoms with Gasteiger partial charge < -0.3 is 0 Å². The van der Waals surface area contributed by atoms with Crippen LogP contribution in [0.2, 0.25) is 0 Å². The summed E-state index contributed by atoms with van der Waals surface area (Å²) in [5, 5.41) is 0. The molecule has 0 aliphatic heterocycles. The quantitative estimate of drug-likeness (QED) is 0.534. The molecule has 0 aliphatic carbocycles. The molecule has 0 fully saturated rings. The fraction of sp³-hybridized carbons (Fsp3) is 0. The molecular formula is H5ClCr2K2O7. The van der Waals surface area contributed by atoms with E-state index in [2.05, 4.69) is 2.84 Å². The summed E-state index contributed by atoms with van der Waals surface area (Å²) in [6.45, 7) is 0. The summed E-state index contributed by atoms with van der Waals surface area (Å²) in [5.41, 5.74) is 0. The van der Waals surface area contributed by atoms with Crippen molar-refractivity contribution in [3.63, 3.8) is 0 Å². The second-order valence-corrected chi connectivity index (χ2v) is 4.68. The fourth-order valence-corrected chi connectivity index (χ4v) is 1.85. The van der Waals surface area contributed by atoms with Gasteiger partial charge in [-0.15, -0.1) is 12.4 Å². The van der Waals surface area contributed by atoms with E-state index in [9.17, 15) is 15.2 Å². The topological polar surface area (TPSA) is 118 Å². The van der Waals surface area contributed by atoms with Crippen molar-refractivity contribution < 1.29 is 53.6 Å². The molecule has 0 saturated carbocycles. The molecule has 0 saturated heterocycles. The van der Waals surface area contributed by atoms with Crippen LogP contribution in [0.3, 0.4) is 0 Å². The molecule has 12 heteroatoms. The second-order valence-electron chi connectivity index (χ2n) is 0.924. The first-order valence-corrected chi connectivity index (χ1v) is 5.63. The van der Waals surface area contributed by atoms with E-state index >= 15 is 0 Å². The van der Waals surface area contributed by atoms with E-state index in [0.717, 1.165) is 0 Å². The van der Waals surface area contributed by atoms with Gasteiger partial charge in [0.2, 0.25) is 0 Å². The molecule has 68 valence electrons. The van der Waals surface area contributed by atoms with Gasteiger partial charge in [0.05, 0.1) is 0 Å². The molecular weight excluding hydrogens is 330 g/mol. The Kier molecular flexibility index (Phi) is 20.5. The van der Waals surface area contributed by atoms with E-state index in [1.54, 1.807) is 0 Å². The molecule has 7 nitrogen and oxygen atoms in total. The number of hydrogen-bond donors (Lipinski definition) is 2. The standard InChI is InChI=1S/ClH.2Cr.2K.2H2O.5O.2H/h1H;;;;;2*1H2;;;;;;;/q;2*+1;;;;;;;;;;;/p-2. The van der Waals surface area contributed by atoms with Gasteiger partial charge in [-0.1, -0.05) is 0 Å². The molecule has 0 unspecified atom stereocenters. The molecule has 0 radical (unpaired) electrons. The number of halogens is 1. The molecule has 0 bridgehead atoms. The minimum absolute atomic E-state index is 0. The van der Waals surface area contributed by atoms with Gasteiger partial charge in [-0.3, -0.25) is 0 Å². The second kappa shape index (κ2) is 9.90. The van der Waals surface area contributed by atoms with Gasteiger partial charge in [0.1, 0.15) is 0 Å². The van der Waals surface area contributed by atoms with E-state index in [-0.39, 0.29) is 115 Å². The van der Waals surface area contributed by atoms with Crippen molar-refractivity contribution in [1.82, 2.24) is 0 Å². The Labute approximate surface area is 164 Å². The van der Waals surface area contributed by atoms with E-state index < -0.39 is 27.2 Å². The van der Waals surface area contributed by atoms with Gasteiger partial charge >= 0.3 is 156 Å². The van der Waals surface area contributed by atoms with E-state index in [0.29, 0.717) is 0 Å². The van der Waals surface area contributed by atoms with Crippen molar-refractivity contribution in [1.29, 1.82) is 0 Å². The van der Waals surface area contributed by atoms with E-state index in [1.165, 1.54) is 0 Å². The third kappa shape index (κ3) is 23.5. The summed E-state index contributed by atoms with van der Waals surface area (Å²) in [6, 6.07) is 0. The van der Waals surface area contributed by atoms with Crippen molar-refractivity contribution in [2.75, 3.05) is 0 Å². The first-order valence-electron chi connectivity index (χ1n) is 1.37. The van der Waals surface area contributed by atoms with Crippen molar-refractivity contribution >= 4 is 115 Å². The maximum atomic E-state index is 9.53. The molecule has 0 aromatic heterocycles. The Balaban J connectivity index is -0.000000107. The summed E-state index contributed by atoms with van der Waals surface area (Å²) in [7, 11) is 0. The average Bonchev–Trinajstić information content (AvgIpc) is 1.14. The molecule has 0 aromatic rings. The maximum absolute atomic E-state index is 9.53. The van der Waals surface area contributed by atoms with Crippen molar-refractivity contribution in [2.24, 2.45) is 0 Å². The minimum atomic E-state index is -5.76. The van der Waals surface area contributed by atoms with Crippen LogP contribution < -0.4 is 0 Å². The van der Waals surface area contributed by atoms with E-state index in [1.807, 2.05) is 0 Å². The van der Waals surface area contributed by atoms with Crippen LogP contribution in [0.25, 0.3) is 0 Å². The Morgan fingerprint density at radius 2 is 1.00 bits per heavy atom. The molecule has 0 aromatic carbocycles. The summed E-state index contributed by atoms with van der Waals surface area (Å²) < 4.78 is 56.3. The van der Waals surface area contributed by atoms with Crippen LogP contribution in [0.1, 0.15) is 0 Å². The Hall–Kier alpha value is 3.71. The summed E-state index contributed by atoms with van der Waals surface area (Å²) in [5.74, 6) is 0. The SMILES string of the molecule is Cl.[KH].[KH].[O]=[Cr](=[O])([OH])[O][Cr](=[O])(=[O])[OH]. The van der Waals surface area contributed by atoms with Crippen LogP contribution in [0.5, 0.6) is 0 Å². The summed E-state index contributed by atoms with van der Waals surface area (Å²) in [4.78, 5) is 0. The molecule has 0 amide bonds. The van der Waals surface area contributed by atoms with Gasteiger partial charge in [0.25, 0.3) is 0 Å². The molecule has 0 heterocycles. The zero-order valence-corrected chi connectivity index (χ0v) is 7.53.